The van der Waals surface area contributed by atoms with Crippen molar-refractivity contribution in [1.82, 2.24) is 9.47 Å². The first-order chi connectivity index (χ1) is 15.3. The van der Waals surface area contributed by atoms with Crippen molar-refractivity contribution >= 4 is 23.3 Å². The zero-order valence-electron chi connectivity index (χ0n) is 18.7. The lowest BCUT2D eigenvalue weighted by Gasteiger charge is -2.42. The molecule has 0 aliphatic carbocycles. The van der Waals surface area contributed by atoms with Crippen LogP contribution in [0.3, 0.4) is 0 Å². The summed E-state index contributed by atoms with van der Waals surface area (Å²) in [6, 6.07) is 10.7. The van der Waals surface area contributed by atoms with E-state index in [2.05, 4.69) is 10.6 Å². The summed E-state index contributed by atoms with van der Waals surface area (Å²) in [6.07, 6.45) is 0.946. The van der Waals surface area contributed by atoms with Crippen LogP contribution in [-0.2, 0) is 11.3 Å². The molecule has 9 heteroatoms. The van der Waals surface area contributed by atoms with E-state index in [1.54, 1.807) is 29.9 Å². The van der Waals surface area contributed by atoms with Crippen molar-refractivity contribution in [2.75, 3.05) is 51.5 Å². The van der Waals surface area contributed by atoms with Crippen LogP contribution in [0.4, 0.5) is 16.2 Å². The van der Waals surface area contributed by atoms with Crippen LogP contribution in [0.25, 0.3) is 0 Å². The smallest absolute Gasteiger partial charge is 0.321 e. The number of methoxy groups -OCH3 is 1. The number of likely N-dealkylation sites (N-methyl/N-ethyl adjacent to an activating group) is 1. The number of carbonyl (C=O) groups is 2. The van der Waals surface area contributed by atoms with Crippen LogP contribution in [0.1, 0.15) is 18.0 Å². The van der Waals surface area contributed by atoms with Gasteiger partial charge in [-0.05, 0) is 48.7 Å². The molecule has 170 valence electrons. The molecule has 3 heterocycles. The molecule has 32 heavy (non-hydrogen) atoms. The lowest BCUT2D eigenvalue weighted by molar-refractivity contribution is -0.849. The summed E-state index contributed by atoms with van der Waals surface area (Å²) in [5.74, 6) is 0.835. The molecular weight excluding hydrogens is 410 g/mol. The van der Waals surface area contributed by atoms with Crippen molar-refractivity contribution < 1.29 is 19.2 Å². The second-order valence-electron chi connectivity index (χ2n) is 8.88. The summed E-state index contributed by atoms with van der Waals surface area (Å²) >= 11 is 0. The number of aromatic nitrogens is 1. The number of likely N-dealkylation sites (tertiary alicyclic amines) is 1. The molecule has 0 unspecified atom stereocenters. The first kappa shape index (κ1) is 21.9. The number of carbonyl (C=O) groups excluding carboxylic acids is 2. The predicted octanol–water partition coefficient (Wildman–Crippen LogP) is 0.591. The molecule has 2 bridgehead atoms. The van der Waals surface area contributed by atoms with Gasteiger partial charge >= 0.3 is 6.03 Å². The molecule has 4 rings (SSSR count). The van der Waals surface area contributed by atoms with Gasteiger partial charge in [-0.1, -0.05) is 0 Å². The Kier molecular flexibility index (Phi) is 6.18. The predicted molar refractivity (Wildman–Crippen MR) is 121 cm³/mol. The highest BCUT2D eigenvalue weighted by atomic mass is 16.5. The average Bonchev–Trinajstić information content (AvgIpc) is 2.76. The van der Waals surface area contributed by atoms with Crippen molar-refractivity contribution in [3.63, 3.8) is 0 Å². The summed E-state index contributed by atoms with van der Waals surface area (Å²) in [5, 5.41) is 5.69. The summed E-state index contributed by atoms with van der Waals surface area (Å²) in [5.41, 5.74) is 1.78. The van der Waals surface area contributed by atoms with Crippen molar-refractivity contribution in [2.24, 2.45) is 5.92 Å². The highest BCUT2D eigenvalue weighted by Gasteiger charge is 2.36. The number of pyridine rings is 1. The third kappa shape index (κ3) is 4.62. The van der Waals surface area contributed by atoms with Gasteiger partial charge in [-0.3, -0.25) is 9.59 Å². The van der Waals surface area contributed by atoms with Gasteiger partial charge < -0.3 is 29.7 Å². The van der Waals surface area contributed by atoms with Crippen molar-refractivity contribution in [3.05, 3.63) is 52.4 Å². The molecular formula is C23H30N5O4+. The zero-order chi connectivity index (χ0) is 22.8. The fourth-order valence-electron chi connectivity index (χ4n) is 4.60. The standard InChI is InChI=1S/C23H29N5O4/c1-26(2)14-21(29)25-19-8-9-20-16-10-15(12-28(20)22(19)30)11-27(13-16)23(31)24-17-4-6-18(32-3)7-5-17/h4-9,15-16H,10-14H2,1-3H3,(H,24,31)(H,25,29)/p+1/t15-,16+/m0/s1. The SMILES string of the molecule is COc1ccc(NC(=O)N2C[C@@H]3C[C@H](C2)c2ccc(NC(=O)C[NH+](C)C)c(=O)n2C3)cc1. The van der Waals surface area contributed by atoms with Gasteiger partial charge in [-0.15, -0.1) is 0 Å². The third-order valence-corrected chi connectivity index (χ3v) is 6.02. The van der Waals surface area contributed by atoms with Crippen molar-refractivity contribution in [3.8, 4) is 5.75 Å². The van der Waals surface area contributed by atoms with Crippen LogP contribution in [0.5, 0.6) is 5.75 Å². The Morgan fingerprint density at radius 1 is 1.06 bits per heavy atom. The number of anilines is 2. The molecule has 1 aromatic carbocycles. The summed E-state index contributed by atoms with van der Waals surface area (Å²) in [6.45, 7) is 1.98. The van der Waals surface area contributed by atoms with Gasteiger partial charge in [0.2, 0.25) is 0 Å². The Morgan fingerprint density at radius 3 is 2.50 bits per heavy atom. The fourth-order valence-corrected chi connectivity index (χ4v) is 4.60. The molecule has 1 saturated heterocycles. The summed E-state index contributed by atoms with van der Waals surface area (Å²) in [7, 11) is 5.37. The van der Waals surface area contributed by atoms with Crippen LogP contribution in [0, 0.1) is 5.92 Å². The molecule has 3 amide bonds. The highest BCUT2D eigenvalue weighted by Crippen LogP contribution is 2.35. The van der Waals surface area contributed by atoms with Crippen LogP contribution >= 0.6 is 0 Å². The van der Waals surface area contributed by atoms with Gasteiger partial charge in [-0.25, -0.2) is 4.79 Å². The lowest BCUT2D eigenvalue weighted by Crippen LogP contribution is -3.06. The van der Waals surface area contributed by atoms with E-state index in [-0.39, 0.29) is 29.3 Å². The molecule has 0 spiro atoms. The van der Waals surface area contributed by atoms with Crippen LogP contribution in [-0.4, -0.2) is 62.2 Å². The molecule has 9 nitrogen and oxygen atoms in total. The van der Waals surface area contributed by atoms with Crippen molar-refractivity contribution in [2.45, 2.75) is 18.9 Å². The number of fused-ring (bicyclic) bond motifs is 4. The second-order valence-corrected chi connectivity index (χ2v) is 8.88. The van der Waals surface area contributed by atoms with E-state index in [9.17, 15) is 14.4 Å². The maximum Gasteiger partial charge on any atom is 0.321 e. The molecule has 0 saturated carbocycles. The molecule has 2 aliphatic heterocycles. The minimum absolute atomic E-state index is 0.0905. The summed E-state index contributed by atoms with van der Waals surface area (Å²) in [4.78, 5) is 40.8. The maximum absolute atomic E-state index is 13.0. The number of quaternary nitrogens is 1. The number of piperidine rings is 1. The van der Waals surface area contributed by atoms with E-state index in [1.165, 1.54) is 0 Å². The topological polar surface area (TPSA) is 97.1 Å². The monoisotopic (exact) mass is 440 g/mol. The van der Waals surface area contributed by atoms with Crippen LogP contribution in [0.2, 0.25) is 0 Å². The van der Waals surface area contributed by atoms with E-state index in [4.69, 9.17) is 4.74 Å². The molecule has 3 N–H and O–H groups in total. The van der Waals surface area contributed by atoms with E-state index in [0.29, 0.717) is 37.6 Å². The van der Waals surface area contributed by atoms with E-state index >= 15 is 0 Å². The lowest BCUT2D eigenvalue weighted by atomic mass is 9.83. The van der Waals surface area contributed by atoms with Gasteiger partial charge in [0, 0.05) is 36.9 Å². The Morgan fingerprint density at radius 2 is 1.81 bits per heavy atom. The summed E-state index contributed by atoms with van der Waals surface area (Å²) < 4.78 is 6.93. The number of hydrogen-bond donors (Lipinski definition) is 3. The Balaban J connectivity index is 1.47. The number of nitrogens with one attached hydrogen (secondary N) is 3. The minimum Gasteiger partial charge on any atom is -0.497 e. The zero-order valence-corrected chi connectivity index (χ0v) is 18.7. The highest BCUT2D eigenvalue weighted by molar-refractivity contribution is 5.91. The van der Waals surface area contributed by atoms with Gasteiger partial charge in [0.05, 0.1) is 21.2 Å². The quantitative estimate of drug-likeness (QED) is 0.634. The first-order valence-corrected chi connectivity index (χ1v) is 10.9. The largest absolute Gasteiger partial charge is 0.497 e. The van der Waals surface area contributed by atoms with E-state index in [0.717, 1.165) is 22.8 Å². The minimum atomic E-state index is -0.181. The molecule has 1 aromatic heterocycles. The van der Waals surface area contributed by atoms with E-state index < -0.39 is 0 Å². The number of urea groups is 1. The number of nitrogens with zero attached hydrogens (tertiary/aromatic N) is 2. The normalized spacial score (nSPS) is 19.3. The second kappa shape index (κ2) is 9.04. The van der Waals surface area contributed by atoms with Crippen molar-refractivity contribution in [1.29, 1.82) is 0 Å². The third-order valence-electron chi connectivity index (χ3n) is 6.02. The number of hydrogen-bond acceptors (Lipinski definition) is 4. The number of ether oxygens (including phenoxy) is 1. The molecule has 2 aromatic rings. The molecule has 2 atom stereocenters. The van der Waals surface area contributed by atoms with Crippen LogP contribution < -0.4 is 25.8 Å². The first-order valence-electron chi connectivity index (χ1n) is 10.9. The number of amides is 3. The van der Waals surface area contributed by atoms with Gasteiger partial charge in [-0.2, -0.15) is 0 Å². The Labute approximate surface area is 187 Å². The van der Waals surface area contributed by atoms with Gasteiger partial charge in [0.15, 0.2) is 6.54 Å². The average molecular weight is 441 g/mol. The van der Waals surface area contributed by atoms with E-state index in [1.807, 2.05) is 37.2 Å². The number of rotatable bonds is 5. The Hall–Kier alpha value is -3.33. The molecule has 2 aliphatic rings. The van der Waals surface area contributed by atoms with Crippen LogP contribution in [0.15, 0.2) is 41.2 Å². The molecule has 0 radical (unpaired) electrons. The maximum atomic E-state index is 13.0. The van der Waals surface area contributed by atoms with Gasteiger partial charge in [0.25, 0.3) is 11.5 Å². The number of benzene rings is 1. The fraction of sp³-hybridized carbons (Fsp3) is 0.435. The Bertz CT molecular complexity index is 1060. The molecule has 1 fully saturated rings. The van der Waals surface area contributed by atoms with Gasteiger partial charge in [0.1, 0.15) is 11.4 Å².